The Labute approximate surface area is 104 Å². The lowest BCUT2D eigenvalue weighted by molar-refractivity contribution is 0.504. The predicted molar refractivity (Wildman–Crippen MR) is 73.2 cm³/mol. The Balaban J connectivity index is 1.91. The summed E-state index contributed by atoms with van der Waals surface area (Å²) in [4.78, 5) is 6.68. The lowest BCUT2D eigenvalue weighted by Crippen LogP contribution is -2.22. The number of anilines is 2. The Bertz CT molecular complexity index is 370. The van der Waals surface area contributed by atoms with Crippen molar-refractivity contribution in [2.75, 3.05) is 24.2 Å². The number of aryl methyl sites for hydroxylation is 1. The number of pyridine rings is 1. The van der Waals surface area contributed by atoms with E-state index in [9.17, 15) is 0 Å². The van der Waals surface area contributed by atoms with Crippen molar-refractivity contribution in [2.24, 2.45) is 5.92 Å². The lowest BCUT2D eigenvalue weighted by Gasteiger charge is -2.22. The van der Waals surface area contributed by atoms with Crippen molar-refractivity contribution in [1.82, 2.24) is 4.98 Å². The minimum Gasteiger partial charge on any atom is -0.397 e. The van der Waals surface area contributed by atoms with E-state index >= 15 is 0 Å². The van der Waals surface area contributed by atoms with E-state index < -0.39 is 0 Å². The molecule has 1 heterocycles. The summed E-state index contributed by atoms with van der Waals surface area (Å²) in [5.41, 5.74) is 7.63. The molecule has 3 nitrogen and oxygen atoms in total. The van der Waals surface area contributed by atoms with E-state index in [-0.39, 0.29) is 0 Å². The molecule has 94 valence electrons. The first kappa shape index (κ1) is 12.2. The summed E-state index contributed by atoms with van der Waals surface area (Å²) >= 11 is 0. The van der Waals surface area contributed by atoms with Gasteiger partial charge in [-0.05, 0) is 30.9 Å². The summed E-state index contributed by atoms with van der Waals surface area (Å²) in [5, 5.41) is 0. The summed E-state index contributed by atoms with van der Waals surface area (Å²) < 4.78 is 0. The summed E-state index contributed by atoms with van der Waals surface area (Å²) in [6, 6.07) is 1.99. The van der Waals surface area contributed by atoms with Gasteiger partial charge >= 0.3 is 0 Å². The van der Waals surface area contributed by atoms with Crippen molar-refractivity contribution in [1.29, 1.82) is 0 Å². The third-order valence-corrected chi connectivity index (χ3v) is 3.78. The minimum atomic E-state index is 0.746. The van der Waals surface area contributed by atoms with E-state index in [1.165, 1.54) is 37.7 Å². The Morgan fingerprint density at radius 2 is 2.12 bits per heavy atom. The number of nitrogen functional groups attached to an aromatic ring is 1. The zero-order valence-corrected chi connectivity index (χ0v) is 10.9. The normalized spacial score (nSPS) is 16.4. The molecule has 0 atom stereocenters. The van der Waals surface area contributed by atoms with E-state index in [1.807, 2.05) is 6.07 Å². The van der Waals surface area contributed by atoms with Crippen molar-refractivity contribution in [3.05, 3.63) is 17.8 Å². The highest BCUT2D eigenvalue weighted by atomic mass is 15.2. The van der Waals surface area contributed by atoms with Gasteiger partial charge in [-0.2, -0.15) is 0 Å². The van der Waals surface area contributed by atoms with Gasteiger partial charge in [0.15, 0.2) is 0 Å². The first-order valence-corrected chi connectivity index (χ1v) is 6.60. The van der Waals surface area contributed by atoms with Gasteiger partial charge in [0.1, 0.15) is 5.82 Å². The summed E-state index contributed by atoms with van der Waals surface area (Å²) in [5.74, 6) is 2.00. The van der Waals surface area contributed by atoms with Gasteiger partial charge in [-0.25, -0.2) is 4.98 Å². The molecule has 0 spiro atoms. The van der Waals surface area contributed by atoms with Crippen molar-refractivity contribution >= 4 is 11.5 Å². The predicted octanol–water partition coefficient (Wildman–Crippen LogP) is 2.99. The molecule has 1 saturated carbocycles. The number of hydrogen-bond donors (Lipinski definition) is 1. The number of nitrogens with zero attached hydrogens (tertiary/aromatic N) is 2. The standard InChI is InChI=1S/C14H23N3/c1-11-9-13(15)10-16-14(11)17(2)8-7-12-5-3-4-6-12/h9-10,12H,3-8,15H2,1-2H3. The number of hydrogen-bond acceptors (Lipinski definition) is 3. The van der Waals surface area contributed by atoms with Crippen LogP contribution in [0.5, 0.6) is 0 Å². The molecule has 0 unspecified atom stereocenters. The van der Waals surface area contributed by atoms with Gasteiger partial charge in [0, 0.05) is 13.6 Å². The van der Waals surface area contributed by atoms with Crippen LogP contribution < -0.4 is 10.6 Å². The molecular weight excluding hydrogens is 210 g/mol. The van der Waals surface area contributed by atoms with E-state index in [2.05, 4.69) is 23.9 Å². The monoisotopic (exact) mass is 233 g/mol. The molecule has 0 amide bonds. The molecule has 0 aromatic carbocycles. The number of rotatable bonds is 4. The smallest absolute Gasteiger partial charge is 0.131 e. The number of aromatic nitrogens is 1. The van der Waals surface area contributed by atoms with Crippen LogP contribution in [0.15, 0.2) is 12.3 Å². The third kappa shape index (κ3) is 3.11. The average Bonchev–Trinajstić information content (AvgIpc) is 2.78. The van der Waals surface area contributed by atoms with E-state index in [0.717, 1.165) is 24.0 Å². The van der Waals surface area contributed by atoms with E-state index in [1.54, 1.807) is 6.20 Å². The van der Waals surface area contributed by atoms with Gasteiger partial charge in [0.05, 0.1) is 11.9 Å². The van der Waals surface area contributed by atoms with Crippen LogP contribution >= 0.6 is 0 Å². The lowest BCUT2D eigenvalue weighted by atomic mass is 10.0. The van der Waals surface area contributed by atoms with Crippen molar-refractivity contribution in [3.8, 4) is 0 Å². The minimum absolute atomic E-state index is 0.746. The maximum atomic E-state index is 5.72. The van der Waals surface area contributed by atoms with Gasteiger partial charge in [-0.1, -0.05) is 25.7 Å². The highest BCUT2D eigenvalue weighted by Crippen LogP contribution is 2.28. The molecule has 2 N–H and O–H groups in total. The molecule has 0 saturated heterocycles. The Morgan fingerprint density at radius 3 is 2.76 bits per heavy atom. The van der Waals surface area contributed by atoms with Gasteiger partial charge in [0.25, 0.3) is 0 Å². The zero-order chi connectivity index (χ0) is 12.3. The number of nitrogens with two attached hydrogens (primary N) is 1. The van der Waals surface area contributed by atoms with E-state index in [0.29, 0.717) is 0 Å². The van der Waals surface area contributed by atoms with Gasteiger partial charge in [-0.15, -0.1) is 0 Å². The molecule has 17 heavy (non-hydrogen) atoms. The van der Waals surface area contributed by atoms with Crippen LogP contribution in [0.3, 0.4) is 0 Å². The second kappa shape index (κ2) is 5.39. The molecule has 1 aromatic heterocycles. The van der Waals surface area contributed by atoms with Crippen LogP contribution in [-0.4, -0.2) is 18.6 Å². The Hall–Kier alpha value is -1.25. The molecule has 0 bridgehead atoms. The first-order valence-electron chi connectivity index (χ1n) is 6.60. The van der Waals surface area contributed by atoms with Crippen LogP contribution in [-0.2, 0) is 0 Å². The van der Waals surface area contributed by atoms with Crippen molar-refractivity contribution in [3.63, 3.8) is 0 Å². The van der Waals surface area contributed by atoms with Crippen molar-refractivity contribution in [2.45, 2.75) is 39.0 Å². The second-order valence-electron chi connectivity index (χ2n) is 5.27. The Morgan fingerprint density at radius 1 is 1.41 bits per heavy atom. The van der Waals surface area contributed by atoms with Crippen LogP contribution in [0.1, 0.15) is 37.7 Å². The van der Waals surface area contributed by atoms with Crippen LogP contribution in [0, 0.1) is 12.8 Å². The van der Waals surface area contributed by atoms with Crippen LogP contribution in [0.2, 0.25) is 0 Å². The molecule has 2 rings (SSSR count). The Kier molecular flexibility index (Phi) is 3.87. The molecular formula is C14H23N3. The molecule has 1 fully saturated rings. The quantitative estimate of drug-likeness (QED) is 0.869. The maximum Gasteiger partial charge on any atom is 0.131 e. The molecule has 1 aliphatic rings. The highest BCUT2D eigenvalue weighted by molar-refractivity contribution is 5.52. The van der Waals surface area contributed by atoms with Crippen LogP contribution in [0.4, 0.5) is 11.5 Å². The van der Waals surface area contributed by atoms with Gasteiger partial charge in [0.2, 0.25) is 0 Å². The molecule has 1 aromatic rings. The fraction of sp³-hybridized carbons (Fsp3) is 0.643. The SMILES string of the molecule is Cc1cc(N)cnc1N(C)CCC1CCCC1. The molecule has 0 aliphatic heterocycles. The fourth-order valence-electron chi connectivity index (χ4n) is 2.77. The first-order chi connectivity index (χ1) is 8.16. The zero-order valence-electron chi connectivity index (χ0n) is 10.9. The largest absolute Gasteiger partial charge is 0.397 e. The maximum absolute atomic E-state index is 5.72. The van der Waals surface area contributed by atoms with Crippen LogP contribution in [0.25, 0.3) is 0 Å². The molecule has 3 heteroatoms. The average molecular weight is 233 g/mol. The fourth-order valence-corrected chi connectivity index (χ4v) is 2.77. The van der Waals surface area contributed by atoms with Gasteiger partial charge in [-0.3, -0.25) is 0 Å². The van der Waals surface area contributed by atoms with Gasteiger partial charge < -0.3 is 10.6 Å². The van der Waals surface area contributed by atoms with Crippen molar-refractivity contribution < 1.29 is 0 Å². The summed E-state index contributed by atoms with van der Waals surface area (Å²) in [6.45, 7) is 3.17. The highest BCUT2D eigenvalue weighted by Gasteiger charge is 2.16. The summed E-state index contributed by atoms with van der Waals surface area (Å²) in [7, 11) is 2.13. The molecule has 0 radical (unpaired) electrons. The topological polar surface area (TPSA) is 42.1 Å². The second-order valence-corrected chi connectivity index (χ2v) is 5.27. The van der Waals surface area contributed by atoms with E-state index in [4.69, 9.17) is 5.73 Å². The third-order valence-electron chi connectivity index (χ3n) is 3.78. The summed E-state index contributed by atoms with van der Waals surface area (Å²) in [6.07, 6.45) is 8.72. The molecule has 1 aliphatic carbocycles.